The van der Waals surface area contributed by atoms with E-state index in [2.05, 4.69) is 17.1 Å². The molecule has 4 rings (SSSR count). The zero-order chi connectivity index (χ0) is 16.5. The van der Waals surface area contributed by atoms with Crippen molar-refractivity contribution in [2.24, 2.45) is 0 Å². The van der Waals surface area contributed by atoms with Crippen LogP contribution in [0.4, 0.5) is 5.69 Å². The molecule has 0 fully saturated rings. The van der Waals surface area contributed by atoms with Crippen LogP contribution in [-0.4, -0.2) is 22.0 Å². The zero-order valence-electron chi connectivity index (χ0n) is 13.0. The third kappa shape index (κ3) is 2.81. The molecule has 1 aliphatic heterocycles. The van der Waals surface area contributed by atoms with E-state index in [1.807, 2.05) is 47.2 Å². The van der Waals surface area contributed by atoms with Crippen LogP contribution < -0.4 is 4.90 Å². The Kier molecular flexibility index (Phi) is 3.82. The third-order valence-electron chi connectivity index (χ3n) is 4.18. The Morgan fingerprint density at radius 1 is 1.04 bits per heavy atom. The van der Waals surface area contributed by atoms with E-state index < -0.39 is 0 Å². The maximum Gasteiger partial charge on any atom is 0.294 e. The van der Waals surface area contributed by atoms with E-state index in [-0.39, 0.29) is 5.91 Å². The van der Waals surface area contributed by atoms with Crippen LogP contribution in [0.5, 0.6) is 0 Å². The summed E-state index contributed by atoms with van der Waals surface area (Å²) in [5.41, 5.74) is 2.91. The number of anilines is 1. The summed E-state index contributed by atoms with van der Waals surface area (Å²) in [6, 6.07) is 17.5. The SMILES string of the molecule is O=C1c2nc(Cc3ccccc3)cn2CCN1c1cccc(Cl)c1. The van der Waals surface area contributed by atoms with Crippen molar-refractivity contribution in [2.75, 3.05) is 11.4 Å². The molecule has 1 amide bonds. The van der Waals surface area contributed by atoms with Gasteiger partial charge in [0.25, 0.3) is 5.91 Å². The van der Waals surface area contributed by atoms with E-state index in [4.69, 9.17) is 11.6 Å². The normalized spacial score (nSPS) is 13.9. The van der Waals surface area contributed by atoms with Gasteiger partial charge in [-0.1, -0.05) is 48.0 Å². The molecular formula is C19H16ClN3O. The fourth-order valence-corrected chi connectivity index (χ4v) is 3.21. The van der Waals surface area contributed by atoms with Gasteiger partial charge in [0.15, 0.2) is 5.82 Å². The zero-order valence-corrected chi connectivity index (χ0v) is 13.8. The van der Waals surface area contributed by atoms with Crippen molar-refractivity contribution < 1.29 is 4.79 Å². The van der Waals surface area contributed by atoms with Crippen molar-refractivity contribution in [1.82, 2.24) is 9.55 Å². The van der Waals surface area contributed by atoms with Gasteiger partial charge in [-0.3, -0.25) is 4.79 Å². The molecular weight excluding hydrogens is 322 g/mol. The molecule has 0 saturated heterocycles. The number of benzene rings is 2. The van der Waals surface area contributed by atoms with E-state index in [1.165, 1.54) is 5.56 Å². The Hall–Kier alpha value is -2.59. The molecule has 2 heterocycles. The van der Waals surface area contributed by atoms with E-state index in [0.717, 1.165) is 24.3 Å². The van der Waals surface area contributed by atoms with Crippen molar-refractivity contribution in [3.63, 3.8) is 0 Å². The molecule has 0 aliphatic carbocycles. The maximum atomic E-state index is 12.8. The number of rotatable bonds is 3. The fourth-order valence-electron chi connectivity index (χ4n) is 3.02. The second-order valence-corrected chi connectivity index (χ2v) is 6.28. The minimum Gasteiger partial charge on any atom is -0.325 e. The minimum atomic E-state index is -0.0807. The summed E-state index contributed by atoms with van der Waals surface area (Å²) in [7, 11) is 0. The van der Waals surface area contributed by atoms with Crippen molar-refractivity contribution in [3.8, 4) is 0 Å². The minimum absolute atomic E-state index is 0.0807. The van der Waals surface area contributed by atoms with Gasteiger partial charge in [-0.2, -0.15) is 0 Å². The highest BCUT2D eigenvalue weighted by atomic mass is 35.5. The molecule has 2 aromatic carbocycles. The predicted octanol–water partition coefficient (Wildman–Crippen LogP) is 3.79. The lowest BCUT2D eigenvalue weighted by Crippen LogP contribution is -2.40. The third-order valence-corrected chi connectivity index (χ3v) is 4.41. The number of carbonyl (C=O) groups excluding carboxylic acids is 1. The van der Waals surface area contributed by atoms with Crippen molar-refractivity contribution in [3.05, 3.63) is 82.9 Å². The molecule has 4 nitrogen and oxygen atoms in total. The average molecular weight is 338 g/mol. The first-order chi connectivity index (χ1) is 11.7. The highest BCUT2D eigenvalue weighted by Crippen LogP contribution is 2.24. The summed E-state index contributed by atoms with van der Waals surface area (Å²) in [5, 5.41) is 0.624. The van der Waals surface area contributed by atoms with Crippen LogP contribution in [0.3, 0.4) is 0 Å². The number of imidazole rings is 1. The molecule has 1 aromatic heterocycles. The number of hydrogen-bond acceptors (Lipinski definition) is 2. The van der Waals surface area contributed by atoms with Crippen LogP contribution in [-0.2, 0) is 13.0 Å². The summed E-state index contributed by atoms with van der Waals surface area (Å²) in [4.78, 5) is 19.1. The lowest BCUT2D eigenvalue weighted by Gasteiger charge is -2.27. The lowest BCUT2D eigenvalue weighted by atomic mass is 10.1. The smallest absolute Gasteiger partial charge is 0.294 e. The summed E-state index contributed by atoms with van der Waals surface area (Å²) < 4.78 is 1.95. The van der Waals surface area contributed by atoms with Gasteiger partial charge in [0.05, 0.1) is 5.69 Å². The molecule has 0 radical (unpaired) electrons. The first-order valence-corrected chi connectivity index (χ1v) is 8.26. The number of amides is 1. The molecule has 0 unspecified atom stereocenters. The van der Waals surface area contributed by atoms with Gasteiger partial charge < -0.3 is 9.47 Å². The number of halogens is 1. The van der Waals surface area contributed by atoms with Gasteiger partial charge in [0.2, 0.25) is 0 Å². The lowest BCUT2D eigenvalue weighted by molar-refractivity contribution is 0.0959. The monoisotopic (exact) mass is 337 g/mol. The molecule has 0 atom stereocenters. The van der Waals surface area contributed by atoms with E-state index in [0.29, 0.717) is 17.4 Å². The second-order valence-electron chi connectivity index (χ2n) is 5.85. The predicted molar refractivity (Wildman–Crippen MR) is 94.6 cm³/mol. The molecule has 3 aromatic rings. The van der Waals surface area contributed by atoms with Gasteiger partial charge in [0, 0.05) is 36.4 Å². The molecule has 0 N–H and O–H groups in total. The Morgan fingerprint density at radius 2 is 1.88 bits per heavy atom. The maximum absolute atomic E-state index is 12.8. The van der Waals surface area contributed by atoms with E-state index in [9.17, 15) is 4.79 Å². The highest BCUT2D eigenvalue weighted by Gasteiger charge is 2.28. The quantitative estimate of drug-likeness (QED) is 0.729. The van der Waals surface area contributed by atoms with Crippen molar-refractivity contribution >= 4 is 23.2 Å². The van der Waals surface area contributed by atoms with Crippen LogP contribution in [0.25, 0.3) is 0 Å². The van der Waals surface area contributed by atoms with Crippen LogP contribution >= 0.6 is 11.6 Å². The Morgan fingerprint density at radius 3 is 2.67 bits per heavy atom. The second kappa shape index (κ2) is 6.13. The Balaban J connectivity index is 1.61. The molecule has 5 heteroatoms. The molecule has 24 heavy (non-hydrogen) atoms. The summed E-state index contributed by atoms with van der Waals surface area (Å²) in [6.45, 7) is 1.35. The number of hydrogen-bond donors (Lipinski definition) is 0. The molecule has 0 spiro atoms. The Bertz CT molecular complexity index is 889. The van der Waals surface area contributed by atoms with Crippen molar-refractivity contribution in [1.29, 1.82) is 0 Å². The van der Waals surface area contributed by atoms with Crippen LogP contribution in [0.15, 0.2) is 60.8 Å². The summed E-state index contributed by atoms with van der Waals surface area (Å²) in [5.74, 6) is 0.412. The van der Waals surface area contributed by atoms with Gasteiger partial charge in [-0.25, -0.2) is 4.98 Å². The molecule has 1 aliphatic rings. The fraction of sp³-hybridized carbons (Fsp3) is 0.158. The topological polar surface area (TPSA) is 38.1 Å². The molecule has 0 saturated carbocycles. The van der Waals surface area contributed by atoms with Crippen LogP contribution in [0.2, 0.25) is 5.02 Å². The van der Waals surface area contributed by atoms with Gasteiger partial charge in [-0.15, -0.1) is 0 Å². The number of carbonyl (C=O) groups is 1. The summed E-state index contributed by atoms with van der Waals surface area (Å²) in [6.07, 6.45) is 2.71. The van der Waals surface area contributed by atoms with Gasteiger partial charge in [0.1, 0.15) is 0 Å². The van der Waals surface area contributed by atoms with Crippen LogP contribution in [0, 0.1) is 0 Å². The van der Waals surface area contributed by atoms with Gasteiger partial charge >= 0.3 is 0 Å². The summed E-state index contributed by atoms with van der Waals surface area (Å²) >= 11 is 6.05. The van der Waals surface area contributed by atoms with Crippen LogP contribution in [0.1, 0.15) is 21.9 Å². The largest absolute Gasteiger partial charge is 0.325 e. The number of nitrogens with zero attached hydrogens (tertiary/aromatic N) is 3. The van der Waals surface area contributed by atoms with Gasteiger partial charge in [-0.05, 0) is 23.8 Å². The van der Waals surface area contributed by atoms with E-state index >= 15 is 0 Å². The number of fused-ring (bicyclic) bond motifs is 1. The molecule has 0 bridgehead atoms. The van der Waals surface area contributed by atoms with Crippen molar-refractivity contribution in [2.45, 2.75) is 13.0 Å². The first kappa shape index (κ1) is 15.0. The average Bonchev–Trinajstić information content (AvgIpc) is 2.99. The van der Waals surface area contributed by atoms with E-state index in [1.54, 1.807) is 11.0 Å². The standard InChI is InChI=1S/C19H16ClN3O/c20-15-7-4-8-17(12-15)23-10-9-22-13-16(21-18(22)19(23)24)11-14-5-2-1-3-6-14/h1-8,12-13H,9-11H2. The first-order valence-electron chi connectivity index (χ1n) is 7.88. The molecule has 120 valence electrons. The Labute approximate surface area is 145 Å². The number of aromatic nitrogens is 2. The highest BCUT2D eigenvalue weighted by molar-refractivity contribution is 6.31.